The molecule has 0 saturated carbocycles. The van der Waals surface area contributed by atoms with Crippen molar-refractivity contribution in [3.8, 4) is 0 Å². The molecule has 0 fully saturated rings. The molecule has 2 aromatic heterocycles. The van der Waals surface area contributed by atoms with Crippen molar-refractivity contribution in [2.75, 3.05) is 0 Å². The summed E-state index contributed by atoms with van der Waals surface area (Å²) in [6, 6.07) is 3.21. The zero-order valence-corrected chi connectivity index (χ0v) is 18.7. The van der Waals surface area contributed by atoms with Crippen LogP contribution in [0.2, 0.25) is 24.8 Å². The molecule has 3 aromatic rings. The van der Waals surface area contributed by atoms with Gasteiger partial charge in [0.2, 0.25) is 0 Å². The Labute approximate surface area is 178 Å². The Balaban J connectivity index is 2.29. The van der Waals surface area contributed by atoms with E-state index in [4.69, 9.17) is 16.0 Å². The van der Waals surface area contributed by atoms with Crippen LogP contribution in [0.25, 0.3) is 0 Å². The minimum atomic E-state index is -2.39. The van der Waals surface area contributed by atoms with E-state index < -0.39 is 37.3 Å². The summed E-state index contributed by atoms with van der Waals surface area (Å²) in [6.07, 6.45) is 3.90. The number of nitrogens with zero attached hydrogens (tertiary/aromatic N) is 5. The molecule has 160 valence electrons. The van der Waals surface area contributed by atoms with Crippen LogP contribution in [0.4, 0.5) is 13.2 Å². The minimum Gasteiger partial charge on any atom is -0.405 e. The molecule has 6 nitrogen and oxygen atoms in total. The summed E-state index contributed by atoms with van der Waals surface area (Å²) < 4.78 is 51.7. The van der Waals surface area contributed by atoms with Crippen molar-refractivity contribution in [3.63, 3.8) is 0 Å². The first-order valence-electron chi connectivity index (χ1n) is 9.17. The number of rotatable bonds is 7. The zero-order valence-electron chi connectivity index (χ0n) is 16.9. The van der Waals surface area contributed by atoms with Gasteiger partial charge in [0.05, 0.1) is 12.2 Å². The maximum Gasteiger partial charge on any atom is 0.185 e. The molecule has 2 atom stereocenters. The van der Waals surface area contributed by atoms with Gasteiger partial charge in [-0.05, 0) is 25.7 Å². The van der Waals surface area contributed by atoms with Crippen LogP contribution in [0.15, 0.2) is 37.2 Å². The van der Waals surface area contributed by atoms with Crippen molar-refractivity contribution in [1.82, 2.24) is 24.7 Å². The van der Waals surface area contributed by atoms with E-state index in [-0.39, 0.29) is 23.0 Å². The third kappa shape index (κ3) is 4.55. The molecule has 11 heteroatoms. The van der Waals surface area contributed by atoms with Crippen LogP contribution >= 0.6 is 11.6 Å². The summed E-state index contributed by atoms with van der Waals surface area (Å²) in [5.74, 6) is -3.21. The highest BCUT2D eigenvalue weighted by Gasteiger charge is 2.47. The highest BCUT2D eigenvalue weighted by Crippen LogP contribution is 2.45. The maximum atomic E-state index is 15.1. The molecule has 0 saturated heterocycles. The number of hydrogen-bond donors (Lipinski definition) is 0. The van der Waals surface area contributed by atoms with E-state index in [0.29, 0.717) is 0 Å². The summed E-state index contributed by atoms with van der Waals surface area (Å²) in [5.41, 5.74) is -1.46. The van der Waals surface area contributed by atoms with Crippen molar-refractivity contribution < 1.29 is 17.6 Å². The van der Waals surface area contributed by atoms with Gasteiger partial charge in [0, 0.05) is 17.5 Å². The van der Waals surface area contributed by atoms with Gasteiger partial charge in [-0.2, -0.15) is 5.10 Å². The Bertz CT molecular complexity index is 1030. The molecule has 0 aliphatic rings. The monoisotopic (exact) mass is 455 g/mol. The normalized spacial score (nSPS) is 15.1. The molecule has 0 radical (unpaired) electrons. The summed E-state index contributed by atoms with van der Waals surface area (Å²) in [7, 11) is -2.39. The molecule has 0 spiro atoms. The fraction of sp³-hybridized carbons (Fsp3) is 0.368. The minimum absolute atomic E-state index is 0.0119. The molecular formula is C19H21ClF3N5OSi. The molecule has 3 rings (SSSR count). The van der Waals surface area contributed by atoms with Gasteiger partial charge in [0.25, 0.3) is 0 Å². The quantitative estimate of drug-likeness (QED) is 0.382. The number of aromatic nitrogens is 5. The highest BCUT2D eigenvalue weighted by molar-refractivity contribution is 6.69. The van der Waals surface area contributed by atoms with Crippen molar-refractivity contribution in [2.45, 2.75) is 44.6 Å². The second-order valence-corrected chi connectivity index (χ2v) is 12.7. The first kappa shape index (κ1) is 22.4. The van der Waals surface area contributed by atoms with Gasteiger partial charge in [0.1, 0.15) is 36.2 Å². The average Bonchev–Trinajstić information content (AvgIpc) is 3.14. The number of benzene rings is 1. The molecule has 0 aliphatic heterocycles. The summed E-state index contributed by atoms with van der Waals surface area (Å²) >= 11 is 5.87. The SMILES string of the molecule is CC(c1ncnc(Cl)c1F)C(Cn1cncn1)(O[Si](C)(C)C)c1ccc(F)cc1F. The number of halogens is 4. The molecule has 0 amide bonds. The maximum absolute atomic E-state index is 15.1. The Morgan fingerprint density at radius 1 is 1.17 bits per heavy atom. The van der Waals surface area contributed by atoms with Gasteiger partial charge < -0.3 is 4.43 Å². The van der Waals surface area contributed by atoms with Crippen LogP contribution in [0, 0.1) is 17.5 Å². The third-order valence-electron chi connectivity index (χ3n) is 4.62. The van der Waals surface area contributed by atoms with E-state index in [2.05, 4.69) is 20.1 Å². The lowest BCUT2D eigenvalue weighted by atomic mass is 9.79. The first-order valence-corrected chi connectivity index (χ1v) is 13.0. The standard InChI is InChI=1S/C19H21ClF3N5OSi/c1-12(17-16(23)18(20)26-10-25-17)19(29-30(2,3)4,8-28-11-24-9-27-28)14-6-5-13(21)7-15(14)22/h5-7,9-12H,8H2,1-4H3. The van der Waals surface area contributed by atoms with Gasteiger partial charge in [-0.15, -0.1) is 0 Å². The predicted octanol–water partition coefficient (Wildman–Crippen LogP) is 4.69. The van der Waals surface area contributed by atoms with E-state index in [9.17, 15) is 8.78 Å². The topological polar surface area (TPSA) is 65.7 Å². The van der Waals surface area contributed by atoms with Crippen LogP contribution in [0.3, 0.4) is 0 Å². The van der Waals surface area contributed by atoms with Crippen LogP contribution in [0.1, 0.15) is 24.1 Å². The van der Waals surface area contributed by atoms with E-state index >= 15 is 4.39 Å². The van der Waals surface area contributed by atoms with Crippen molar-refractivity contribution in [1.29, 1.82) is 0 Å². The third-order valence-corrected chi connectivity index (χ3v) is 5.86. The van der Waals surface area contributed by atoms with Crippen molar-refractivity contribution >= 4 is 19.9 Å². The predicted molar refractivity (Wildman–Crippen MR) is 108 cm³/mol. The molecule has 0 aliphatic carbocycles. The molecule has 0 bridgehead atoms. The van der Waals surface area contributed by atoms with Crippen LogP contribution in [0.5, 0.6) is 0 Å². The number of hydrogen-bond acceptors (Lipinski definition) is 5. The summed E-state index contributed by atoms with van der Waals surface area (Å²) in [4.78, 5) is 11.6. The van der Waals surface area contributed by atoms with E-state index in [1.54, 1.807) is 6.92 Å². The lowest BCUT2D eigenvalue weighted by Crippen LogP contribution is -2.48. The van der Waals surface area contributed by atoms with Gasteiger partial charge in [-0.3, -0.25) is 0 Å². The molecule has 2 heterocycles. The molecule has 0 N–H and O–H groups in total. The molecule has 2 unspecified atom stereocenters. The summed E-state index contributed by atoms with van der Waals surface area (Å²) in [6.45, 7) is 7.39. The molecule has 1 aromatic carbocycles. The summed E-state index contributed by atoms with van der Waals surface area (Å²) in [5, 5.41) is 3.76. The van der Waals surface area contributed by atoms with Crippen LogP contribution < -0.4 is 0 Å². The second kappa shape index (κ2) is 8.44. The largest absolute Gasteiger partial charge is 0.405 e. The van der Waals surface area contributed by atoms with Crippen molar-refractivity contribution in [3.05, 3.63) is 71.0 Å². The first-order chi connectivity index (χ1) is 14.0. The Kier molecular flexibility index (Phi) is 6.30. The fourth-order valence-corrected chi connectivity index (χ4v) is 5.03. The zero-order chi connectivity index (χ0) is 22.1. The lowest BCUT2D eigenvalue weighted by Gasteiger charge is -2.43. The molecular weight excluding hydrogens is 435 g/mol. The van der Waals surface area contributed by atoms with Gasteiger partial charge in [-0.1, -0.05) is 24.6 Å². The lowest BCUT2D eigenvalue weighted by molar-refractivity contribution is 0.00566. The van der Waals surface area contributed by atoms with Gasteiger partial charge in [0.15, 0.2) is 19.3 Å². The highest BCUT2D eigenvalue weighted by atomic mass is 35.5. The van der Waals surface area contributed by atoms with Gasteiger partial charge in [-0.25, -0.2) is 32.8 Å². The Morgan fingerprint density at radius 3 is 2.50 bits per heavy atom. The smallest absolute Gasteiger partial charge is 0.185 e. The second-order valence-electron chi connectivity index (χ2n) is 7.91. The van der Waals surface area contributed by atoms with Crippen LogP contribution in [-0.2, 0) is 16.6 Å². The Morgan fingerprint density at radius 2 is 1.90 bits per heavy atom. The molecule has 30 heavy (non-hydrogen) atoms. The van der Waals surface area contributed by atoms with E-state index in [1.807, 2.05) is 19.6 Å². The Hall–Kier alpha value is -2.30. The van der Waals surface area contributed by atoms with Gasteiger partial charge >= 0.3 is 0 Å². The van der Waals surface area contributed by atoms with Crippen molar-refractivity contribution in [2.24, 2.45) is 0 Å². The van der Waals surface area contributed by atoms with E-state index in [1.165, 1.54) is 23.4 Å². The van der Waals surface area contributed by atoms with E-state index in [0.717, 1.165) is 18.5 Å². The average molecular weight is 456 g/mol. The fourth-order valence-electron chi connectivity index (χ4n) is 3.45. The van der Waals surface area contributed by atoms with Crippen LogP contribution in [-0.4, -0.2) is 33.0 Å².